The van der Waals surface area contributed by atoms with Crippen LogP contribution in [0, 0.1) is 11.6 Å². The summed E-state index contributed by atoms with van der Waals surface area (Å²) in [6.07, 6.45) is 0. The van der Waals surface area contributed by atoms with Gasteiger partial charge in [0.15, 0.2) is 5.96 Å². The van der Waals surface area contributed by atoms with E-state index in [0.29, 0.717) is 11.6 Å². The Labute approximate surface area is 138 Å². The molecule has 3 N–H and O–H groups in total. The lowest BCUT2D eigenvalue weighted by Crippen LogP contribution is -2.41. The molecule has 0 unspecified atom stereocenters. The first-order valence-electron chi connectivity index (χ1n) is 7.32. The minimum atomic E-state index is -0.515. The molecule has 0 heterocycles. The number of hydrogen-bond acceptors (Lipinski definition) is 2. The summed E-state index contributed by atoms with van der Waals surface area (Å²) in [5, 5.41) is 8.35. The number of carbonyl (C=O) groups excluding carboxylic acids is 1. The first-order chi connectivity index (χ1) is 11.6. The van der Waals surface area contributed by atoms with E-state index >= 15 is 0 Å². The lowest BCUT2D eigenvalue weighted by Gasteiger charge is -2.12. The second-order valence-corrected chi connectivity index (χ2v) is 4.93. The fourth-order valence-electron chi connectivity index (χ4n) is 1.97. The molecule has 24 heavy (non-hydrogen) atoms. The Morgan fingerprint density at radius 1 is 1.08 bits per heavy atom. The number of amides is 1. The van der Waals surface area contributed by atoms with Gasteiger partial charge < -0.3 is 16.0 Å². The van der Waals surface area contributed by atoms with Crippen molar-refractivity contribution in [2.24, 2.45) is 4.99 Å². The molecule has 1 amide bonds. The van der Waals surface area contributed by atoms with Gasteiger partial charge in [-0.25, -0.2) is 8.78 Å². The van der Waals surface area contributed by atoms with E-state index in [4.69, 9.17) is 0 Å². The van der Waals surface area contributed by atoms with E-state index in [2.05, 4.69) is 20.9 Å². The van der Waals surface area contributed by atoms with Crippen molar-refractivity contribution in [3.05, 3.63) is 65.7 Å². The van der Waals surface area contributed by atoms with Gasteiger partial charge in [0.05, 0.1) is 6.54 Å². The van der Waals surface area contributed by atoms with Crippen LogP contribution in [0.3, 0.4) is 0 Å². The van der Waals surface area contributed by atoms with Crippen LogP contribution in [-0.2, 0) is 11.3 Å². The second-order valence-electron chi connectivity index (χ2n) is 4.93. The zero-order valence-electron chi connectivity index (χ0n) is 13.1. The third-order valence-electron chi connectivity index (χ3n) is 3.15. The highest BCUT2D eigenvalue weighted by atomic mass is 19.1. The van der Waals surface area contributed by atoms with E-state index in [-0.39, 0.29) is 24.6 Å². The largest absolute Gasteiger partial charge is 0.352 e. The number of rotatable bonds is 5. The summed E-state index contributed by atoms with van der Waals surface area (Å²) in [6.45, 7) is 0.0315. The molecule has 0 aliphatic heterocycles. The van der Waals surface area contributed by atoms with E-state index in [0.717, 1.165) is 18.2 Å². The molecule has 0 aliphatic carbocycles. The van der Waals surface area contributed by atoms with Gasteiger partial charge >= 0.3 is 0 Å². The highest BCUT2D eigenvalue weighted by Crippen LogP contribution is 2.09. The Morgan fingerprint density at radius 3 is 2.54 bits per heavy atom. The number of nitrogens with zero attached hydrogens (tertiary/aromatic N) is 1. The van der Waals surface area contributed by atoms with Gasteiger partial charge in [-0.2, -0.15) is 0 Å². The normalized spacial score (nSPS) is 11.0. The van der Waals surface area contributed by atoms with Crippen LogP contribution in [0.2, 0.25) is 0 Å². The third kappa shape index (κ3) is 5.35. The van der Waals surface area contributed by atoms with Crippen LogP contribution in [0.25, 0.3) is 0 Å². The number of nitrogens with one attached hydrogen (secondary N) is 3. The third-order valence-corrected chi connectivity index (χ3v) is 3.15. The zero-order chi connectivity index (χ0) is 17.4. The number of benzene rings is 2. The minimum Gasteiger partial charge on any atom is -0.352 e. The molecule has 0 saturated carbocycles. The summed E-state index contributed by atoms with van der Waals surface area (Å²) in [7, 11) is 1.52. The molecule has 2 aromatic rings. The molecule has 7 heteroatoms. The molecule has 0 saturated heterocycles. The Kier molecular flexibility index (Phi) is 6.24. The lowest BCUT2D eigenvalue weighted by atomic mass is 10.2. The number of guanidine groups is 1. The quantitative estimate of drug-likeness (QED) is 0.581. The predicted molar refractivity (Wildman–Crippen MR) is 89.6 cm³/mol. The fourth-order valence-corrected chi connectivity index (χ4v) is 1.97. The number of carbonyl (C=O) groups is 1. The molecule has 0 radical (unpaired) electrons. The van der Waals surface area contributed by atoms with Crippen LogP contribution < -0.4 is 16.0 Å². The monoisotopic (exact) mass is 332 g/mol. The Hall–Kier alpha value is -2.96. The van der Waals surface area contributed by atoms with Crippen LogP contribution >= 0.6 is 0 Å². The zero-order valence-corrected chi connectivity index (χ0v) is 13.1. The van der Waals surface area contributed by atoms with E-state index in [1.54, 1.807) is 12.1 Å². The summed E-state index contributed by atoms with van der Waals surface area (Å²) in [5.41, 5.74) is 0.862. The van der Waals surface area contributed by atoms with Crippen molar-refractivity contribution in [1.82, 2.24) is 10.6 Å². The van der Waals surface area contributed by atoms with E-state index in [9.17, 15) is 13.6 Å². The van der Waals surface area contributed by atoms with Gasteiger partial charge in [0.25, 0.3) is 0 Å². The van der Waals surface area contributed by atoms with Gasteiger partial charge in [0, 0.05) is 24.8 Å². The summed E-state index contributed by atoms with van der Waals surface area (Å²) in [6, 6.07) is 12.3. The smallest absolute Gasteiger partial charge is 0.243 e. The number of aliphatic imine (C=N–C) groups is 1. The highest BCUT2D eigenvalue weighted by molar-refractivity contribution is 5.94. The van der Waals surface area contributed by atoms with Crippen molar-refractivity contribution in [3.8, 4) is 0 Å². The molecular formula is C17H18F2N4O. The van der Waals surface area contributed by atoms with Crippen LogP contribution in [0.5, 0.6) is 0 Å². The maximum Gasteiger partial charge on any atom is 0.243 e. The molecule has 0 atom stereocenters. The summed E-state index contributed by atoms with van der Waals surface area (Å²) < 4.78 is 26.7. The van der Waals surface area contributed by atoms with Gasteiger partial charge in [0.1, 0.15) is 11.6 Å². The van der Waals surface area contributed by atoms with Gasteiger partial charge in [-0.15, -0.1) is 0 Å². The summed E-state index contributed by atoms with van der Waals surface area (Å²) in [5.74, 6) is -0.970. The predicted octanol–water partition coefficient (Wildman–Crippen LogP) is 2.27. The van der Waals surface area contributed by atoms with Crippen LogP contribution in [0.4, 0.5) is 14.5 Å². The van der Waals surface area contributed by atoms with E-state index in [1.165, 1.54) is 7.05 Å². The summed E-state index contributed by atoms with van der Waals surface area (Å²) >= 11 is 0. The van der Waals surface area contributed by atoms with Crippen molar-refractivity contribution in [2.45, 2.75) is 6.54 Å². The first kappa shape index (κ1) is 17.4. The lowest BCUT2D eigenvalue weighted by molar-refractivity contribution is -0.115. The van der Waals surface area contributed by atoms with E-state index < -0.39 is 11.6 Å². The number of halogens is 2. The van der Waals surface area contributed by atoms with Crippen LogP contribution in [-0.4, -0.2) is 25.5 Å². The maximum atomic E-state index is 13.5. The molecule has 0 bridgehead atoms. The molecular weight excluding hydrogens is 314 g/mol. The molecule has 0 aliphatic rings. The Balaban J connectivity index is 1.82. The van der Waals surface area contributed by atoms with E-state index in [1.807, 2.05) is 18.2 Å². The first-order valence-corrected chi connectivity index (χ1v) is 7.32. The molecule has 0 aromatic heterocycles. The molecule has 2 aromatic carbocycles. The van der Waals surface area contributed by atoms with Gasteiger partial charge in [-0.05, 0) is 30.3 Å². The fraction of sp³-hybridized carbons (Fsp3) is 0.176. The van der Waals surface area contributed by atoms with Gasteiger partial charge in [-0.1, -0.05) is 18.2 Å². The molecule has 126 valence electrons. The van der Waals surface area contributed by atoms with Gasteiger partial charge in [-0.3, -0.25) is 9.79 Å². The molecule has 2 rings (SSSR count). The SMILES string of the molecule is CN=C(NCC(=O)Nc1ccccc1)NCc1cc(F)ccc1F. The Morgan fingerprint density at radius 2 is 1.83 bits per heavy atom. The number of hydrogen-bond donors (Lipinski definition) is 3. The summed E-state index contributed by atoms with van der Waals surface area (Å²) in [4.78, 5) is 15.8. The average molecular weight is 332 g/mol. The van der Waals surface area contributed by atoms with Crippen LogP contribution in [0.15, 0.2) is 53.5 Å². The number of para-hydroxylation sites is 1. The van der Waals surface area contributed by atoms with Crippen molar-refractivity contribution in [2.75, 3.05) is 18.9 Å². The maximum absolute atomic E-state index is 13.5. The van der Waals surface area contributed by atoms with Crippen LogP contribution in [0.1, 0.15) is 5.56 Å². The minimum absolute atomic E-state index is 0.0137. The number of anilines is 1. The van der Waals surface area contributed by atoms with Crippen molar-refractivity contribution in [3.63, 3.8) is 0 Å². The average Bonchev–Trinajstić information content (AvgIpc) is 2.58. The molecule has 5 nitrogen and oxygen atoms in total. The van der Waals surface area contributed by atoms with Gasteiger partial charge in [0.2, 0.25) is 5.91 Å². The molecule has 0 spiro atoms. The highest BCUT2D eigenvalue weighted by Gasteiger charge is 2.07. The second kappa shape index (κ2) is 8.61. The van der Waals surface area contributed by atoms with Crippen molar-refractivity contribution >= 4 is 17.6 Å². The van der Waals surface area contributed by atoms with Crippen molar-refractivity contribution in [1.29, 1.82) is 0 Å². The Bertz CT molecular complexity index is 720. The standard InChI is InChI=1S/C17H18F2N4O/c1-20-17(21-10-12-9-13(18)7-8-15(12)19)22-11-16(24)23-14-5-3-2-4-6-14/h2-9H,10-11H2,1H3,(H,23,24)(H2,20,21,22). The van der Waals surface area contributed by atoms with Crippen molar-refractivity contribution < 1.29 is 13.6 Å². The molecule has 0 fully saturated rings. The topological polar surface area (TPSA) is 65.5 Å².